The first kappa shape index (κ1) is 25.9. The maximum absolute atomic E-state index is 13.8. The fourth-order valence-corrected chi connectivity index (χ4v) is 4.56. The summed E-state index contributed by atoms with van der Waals surface area (Å²) in [7, 11) is -2.11. The van der Waals surface area contributed by atoms with E-state index in [0.717, 1.165) is 26.5 Å². The molecular formula is C21H18F4N6O5S. The van der Waals surface area contributed by atoms with Gasteiger partial charge in [0.1, 0.15) is 11.5 Å². The van der Waals surface area contributed by atoms with E-state index in [9.17, 15) is 26.0 Å². The van der Waals surface area contributed by atoms with Gasteiger partial charge < -0.3 is 19.2 Å². The van der Waals surface area contributed by atoms with Crippen LogP contribution in [0.3, 0.4) is 0 Å². The van der Waals surface area contributed by atoms with Gasteiger partial charge in [-0.05, 0) is 6.07 Å². The van der Waals surface area contributed by atoms with Crippen LogP contribution in [0.4, 0.5) is 23.5 Å². The minimum Gasteiger partial charge on any atom is -0.478 e. The third-order valence-corrected chi connectivity index (χ3v) is 6.30. The van der Waals surface area contributed by atoms with Gasteiger partial charge in [0.15, 0.2) is 5.82 Å². The molecule has 0 saturated heterocycles. The SMILES string of the molecule is COc1nc(NS(=O)(=O)c2c[nH]c3c(-c4ncccn4)c(C(F)F)ccc23)nc(OC)c1OCC(F)F. The van der Waals surface area contributed by atoms with E-state index in [0.29, 0.717) is 0 Å². The first-order valence-electron chi connectivity index (χ1n) is 10.3. The van der Waals surface area contributed by atoms with Crippen molar-refractivity contribution in [3.8, 4) is 28.9 Å². The van der Waals surface area contributed by atoms with Crippen molar-refractivity contribution in [3.63, 3.8) is 0 Å². The standard InChI is InChI=1S/C21H18F4N6O5S/c1-34-19-16(36-9-13(22)23)20(35-2)30-21(29-19)31-37(32,33)12-8-28-15-10(12)4-5-11(17(24)25)14(15)18-26-6-3-7-27-18/h3-8,13,17,28H,9H2,1-2H3,(H,29,30,31). The Morgan fingerprint density at radius 3 is 2.24 bits per heavy atom. The quantitative estimate of drug-likeness (QED) is 0.286. The number of benzene rings is 1. The summed E-state index contributed by atoms with van der Waals surface area (Å²) in [6.07, 6.45) is -1.87. The molecule has 1 aromatic carbocycles. The molecule has 16 heteroatoms. The lowest BCUT2D eigenvalue weighted by molar-refractivity contribution is 0.0780. The normalized spacial score (nSPS) is 11.8. The average molecular weight is 542 g/mol. The van der Waals surface area contributed by atoms with E-state index in [4.69, 9.17) is 14.2 Å². The summed E-state index contributed by atoms with van der Waals surface area (Å²) in [6, 6.07) is 3.81. The van der Waals surface area contributed by atoms with Crippen LogP contribution in [0.15, 0.2) is 41.7 Å². The van der Waals surface area contributed by atoms with Crippen LogP contribution in [0, 0.1) is 0 Å². The second-order valence-electron chi connectivity index (χ2n) is 7.18. The number of hydrogen-bond donors (Lipinski definition) is 2. The zero-order valence-corrected chi connectivity index (χ0v) is 19.9. The van der Waals surface area contributed by atoms with E-state index in [2.05, 4.69) is 29.6 Å². The fourth-order valence-electron chi connectivity index (χ4n) is 3.44. The van der Waals surface area contributed by atoms with Crippen molar-refractivity contribution in [2.45, 2.75) is 17.7 Å². The molecule has 196 valence electrons. The van der Waals surface area contributed by atoms with E-state index in [1.165, 1.54) is 24.5 Å². The molecule has 0 atom stereocenters. The molecule has 0 aliphatic carbocycles. The number of anilines is 1. The van der Waals surface area contributed by atoms with Crippen LogP contribution >= 0.6 is 0 Å². The summed E-state index contributed by atoms with van der Waals surface area (Å²) in [5.41, 5.74) is -0.388. The van der Waals surface area contributed by atoms with E-state index in [-0.39, 0.29) is 44.7 Å². The first-order valence-corrected chi connectivity index (χ1v) is 11.8. The topological polar surface area (TPSA) is 141 Å². The van der Waals surface area contributed by atoms with Crippen LogP contribution in [0.5, 0.6) is 17.5 Å². The summed E-state index contributed by atoms with van der Waals surface area (Å²) >= 11 is 0. The van der Waals surface area contributed by atoms with Gasteiger partial charge in [-0.1, -0.05) is 12.1 Å². The number of fused-ring (bicyclic) bond motifs is 1. The van der Waals surface area contributed by atoms with Crippen molar-refractivity contribution in [1.29, 1.82) is 0 Å². The Labute approximate surface area is 206 Å². The number of alkyl halides is 4. The molecule has 0 spiro atoms. The number of hydrogen-bond acceptors (Lipinski definition) is 9. The van der Waals surface area contributed by atoms with Gasteiger partial charge in [0.25, 0.3) is 34.6 Å². The molecule has 4 rings (SSSR count). The summed E-state index contributed by atoms with van der Waals surface area (Å²) in [5, 5.41) is 0.0650. The van der Waals surface area contributed by atoms with Crippen molar-refractivity contribution in [3.05, 3.63) is 42.4 Å². The molecule has 3 aromatic heterocycles. The Kier molecular flexibility index (Phi) is 7.28. The van der Waals surface area contributed by atoms with Crippen molar-refractivity contribution in [2.75, 3.05) is 25.5 Å². The molecule has 37 heavy (non-hydrogen) atoms. The molecule has 0 radical (unpaired) electrons. The predicted molar refractivity (Wildman–Crippen MR) is 122 cm³/mol. The van der Waals surface area contributed by atoms with Gasteiger partial charge >= 0.3 is 0 Å². The summed E-state index contributed by atoms with van der Waals surface area (Å²) in [6.45, 7) is -1.01. The van der Waals surface area contributed by atoms with Crippen LogP contribution in [0.25, 0.3) is 22.3 Å². The number of sulfonamides is 1. The molecule has 0 fully saturated rings. The van der Waals surface area contributed by atoms with Gasteiger partial charge in [0.05, 0.1) is 25.3 Å². The lowest BCUT2D eigenvalue weighted by atomic mass is 10.0. The molecule has 0 amide bonds. The molecule has 0 aliphatic heterocycles. The van der Waals surface area contributed by atoms with Crippen LogP contribution < -0.4 is 18.9 Å². The molecule has 2 N–H and O–H groups in total. The van der Waals surface area contributed by atoms with Crippen LogP contribution in [0.1, 0.15) is 12.0 Å². The molecule has 0 unspecified atom stereocenters. The number of nitrogens with zero attached hydrogens (tertiary/aromatic N) is 4. The number of rotatable bonds is 10. The molecule has 0 saturated carbocycles. The maximum atomic E-state index is 13.8. The van der Waals surface area contributed by atoms with Gasteiger partial charge in [-0.25, -0.2) is 40.7 Å². The molecule has 3 heterocycles. The third kappa shape index (κ3) is 5.18. The van der Waals surface area contributed by atoms with Crippen LogP contribution in [-0.2, 0) is 10.0 Å². The molecule has 11 nitrogen and oxygen atoms in total. The maximum Gasteiger partial charge on any atom is 0.272 e. The predicted octanol–water partition coefficient (Wildman–Crippen LogP) is 3.81. The van der Waals surface area contributed by atoms with Crippen molar-refractivity contribution in [2.24, 2.45) is 0 Å². The zero-order valence-electron chi connectivity index (χ0n) is 19.1. The molecule has 0 bridgehead atoms. The Morgan fingerprint density at radius 2 is 1.68 bits per heavy atom. The van der Waals surface area contributed by atoms with E-state index >= 15 is 0 Å². The minimum atomic E-state index is -4.42. The number of aromatic nitrogens is 5. The minimum absolute atomic E-state index is 0.0284. The highest BCUT2D eigenvalue weighted by molar-refractivity contribution is 7.93. The van der Waals surface area contributed by atoms with Crippen LogP contribution in [0.2, 0.25) is 0 Å². The van der Waals surface area contributed by atoms with Gasteiger partial charge in [-0.3, -0.25) is 0 Å². The van der Waals surface area contributed by atoms with E-state index in [1.807, 2.05) is 0 Å². The van der Waals surface area contributed by atoms with Crippen LogP contribution in [-0.4, -0.2) is 60.6 Å². The molecule has 0 aliphatic rings. The Morgan fingerprint density at radius 1 is 1.03 bits per heavy atom. The highest BCUT2D eigenvalue weighted by atomic mass is 32.2. The van der Waals surface area contributed by atoms with Gasteiger partial charge in [-0.2, -0.15) is 9.97 Å². The number of halogens is 4. The number of methoxy groups -OCH3 is 2. The summed E-state index contributed by atoms with van der Waals surface area (Å²) in [5.74, 6) is -1.64. The average Bonchev–Trinajstić information content (AvgIpc) is 3.32. The first-order chi connectivity index (χ1) is 17.7. The number of ether oxygens (including phenoxy) is 3. The number of H-pyrrole nitrogens is 1. The van der Waals surface area contributed by atoms with Crippen molar-refractivity contribution in [1.82, 2.24) is 24.9 Å². The van der Waals surface area contributed by atoms with Gasteiger partial charge in [0, 0.05) is 29.5 Å². The summed E-state index contributed by atoms with van der Waals surface area (Å²) < 4.78 is 96.3. The fraction of sp³-hybridized carbons (Fsp3) is 0.238. The van der Waals surface area contributed by atoms with Crippen molar-refractivity contribution >= 4 is 26.9 Å². The van der Waals surface area contributed by atoms with Gasteiger partial charge in [-0.15, -0.1) is 0 Å². The smallest absolute Gasteiger partial charge is 0.272 e. The highest BCUT2D eigenvalue weighted by Gasteiger charge is 2.27. The second kappa shape index (κ2) is 10.4. The van der Waals surface area contributed by atoms with E-state index < -0.39 is 41.0 Å². The molecule has 4 aromatic rings. The summed E-state index contributed by atoms with van der Waals surface area (Å²) in [4.78, 5) is 18.1. The Balaban J connectivity index is 1.77. The van der Waals surface area contributed by atoms with Crippen molar-refractivity contribution < 1.29 is 40.2 Å². The highest BCUT2D eigenvalue weighted by Crippen LogP contribution is 2.38. The Hall–Kier alpha value is -4.21. The monoisotopic (exact) mass is 542 g/mol. The lowest BCUT2D eigenvalue weighted by Crippen LogP contribution is -2.16. The van der Waals surface area contributed by atoms with Gasteiger partial charge in [0.2, 0.25) is 11.7 Å². The number of aromatic amines is 1. The molecular weight excluding hydrogens is 524 g/mol. The lowest BCUT2D eigenvalue weighted by Gasteiger charge is -2.14. The Bertz CT molecular complexity index is 1490. The third-order valence-electron chi connectivity index (χ3n) is 4.93. The second-order valence-corrected chi connectivity index (χ2v) is 8.83. The number of nitrogens with one attached hydrogen (secondary N) is 2. The van der Waals surface area contributed by atoms with E-state index in [1.54, 1.807) is 0 Å². The zero-order chi connectivity index (χ0) is 26.7. The largest absolute Gasteiger partial charge is 0.478 e.